The van der Waals surface area contributed by atoms with Crippen LogP contribution >= 0.6 is 7.82 Å². The molecule has 0 heterocycles. The standard InChI is InChI=1S/C80H150NO8P/c1-6-8-10-12-14-16-18-20-22-24-26-28-30-32-34-36-38-39-40-41-43-44-46-48-50-52-54-56-58-60-62-64-66-68-70-72-79(82)86-76-78(77-88-90(84,85)87-75-74-81(3,4)5)89-80(83)73-71-69-67-65-63-61-59-57-55-53-51-49-47-45-42-37-35-33-31-29-27-25-23-21-19-17-15-13-11-9-7-2/h9,11,15,17,21,23,27,29,33,35,78H,6-8,10,12-14,16,18-20,22,24-26,28,30-32,34,36-77H2,1-5H3/p+1/b11-9-,17-15-,23-21-,29-27-,35-33-. The second-order valence-corrected chi connectivity index (χ2v) is 29.2. The van der Waals surface area contributed by atoms with Gasteiger partial charge in [0.25, 0.3) is 0 Å². The Bertz CT molecular complexity index is 1700. The van der Waals surface area contributed by atoms with Gasteiger partial charge >= 0.3 is 19.8 Å². The van der Waals surface area contributed by atoms with Crippen molar-refractivity contribution < 1.29 is 42.1 Å². The van der Waals surface area contributed by atoms with Crippen molar-refractivity contribution in [2.45, 2.75) is 392 Å². The first-order valence-electron chi connectivity index (χ1n) is 39.0. The summed E-state index contributed by atoms with van der Waals surface area (Å²) < 4.78 is 34.8. The zero-order chi connectivity index (χ0) is 65.5. The molecule has 0 aromatic carbocycles. The quantitative estimate of drug-likeness (QED) is 0.0211. The molecule has 0 saturated heterocycles. The van der Waals surface area contributed by atoms with Crippen LogP contribution in [-0.4, -0.2) is 74.9 Å². The molecule has 0 saturated carbocycles. The fourth-order valence-electron chi connectivity index (χ4n) is 11.6. The number of nitrogens with zero attached hydrogens (tertiary/aromatic N) is 1. The molecule has 0 aliphatic carbocycles. The average Bonchev–Trinajstić information content (AvgIpc) is 3.58. The van der Waals surface area contributed by atoms with Crippen LogP contribution in [0.2, 0.25) is 0 Å². The van der Waals surface area contributed by atoms with Gasteiger partial charge in [-0.15, -0.1) is 0 Å². The maximum absolute atomic E-state index is 12.9. The molecule has 0 aromatic rings. The predicted molar refractivity (Wildman–Crippen MR) is 390 cm³/mol. The Hall–Kier alpha value is -2.29. The maximum atomic E-state index is 12.9. The number of hydrogen-bond acceptors (Lipinski definition) is 7. The van der Waals surface area contributed by atoms with Gasteiger partial charge in [0, 0.05) is 12.8 Å². The molecule has 0 aliphatic rings. The smallest absolute Gasteiger partial charge is 0.462 e. The first-order valence-corrected chi connectivity index (χ1v) is 40.5. The number of phosphoric acid groups is 1. The number of carbonyl (C=O) groups excluding carboxylic acids is 2. The van der Waals surface area contributed by atoms with Gasteiger partial charge in [0.1, 0.15) is 19.8 Å². The van der Waals surface area contributed by atoms with Gasteiger partial charge in [-0.2, -0.15) is 0 Å². The highest BCUT2D eigenvalue weighted by Gasteiger charge is 2.27. The summed E-state index contributed by atoms with van der Waals surface area (Å²) in [6.45, 7) is 4.39. The third-order valence-corrected chi connectivity index (χ3v) is 18.5. The second kappa shape index (κ2) is 71.0. The van der Waals surface area contributed by atoms with E-state index in [1.165, 1.54) is 289 Å². The van der Waals surface area contributed by atoms with Crippen LogP contribution in [0, 0.1) is 0 Å². The Balaban J connectivity index is 3.93. The fourth-order valence-corrected chi connectivity index (χ4v) is 12.4. The summed E-state index contributed by atoms with van der Waals surface area (Å²) in [5, 5.41) is 0. The van der Waals surface area contributed by atoms with E-state index in [2.05, 4.69) is 74.6 Å². The van der Waals surface area contributed by atoms with E-state index in [0.717, 1.165) is 64.2 Å². The van der Waals surface area contributed by atoms with Crippen LogP contribution in [0.5, 0.6) is 0 Å². The highest BCUT2D eigenvalue weighted by Crippen LogP contribution is 2.43. The molecule has 2 atom stereocenters. The van der Waals surface area contributed by atoms with Gasteiger partial charge in [0.2, 0.25) is 0 Å². The number of hydrogen-bond donors (Lipinski definition) is 1. The van der Waals surface area contributed by atoms with E-state index < -0.39 is 26.5 Å². The van der Waals surface area contributed by atoms with E-state index in [9.17, 15) is 19.0 Å². The lowest BCUT2D eigenvalue weighted by Crippen LogP contribution is -2.37. The molecule has 0 aliphatic heterocycles. The summed E-state index contributed by atoms with van der Waals surface area (Å²) >= 11 is 0. The third-order valence-electron chi connectivity index (χ3n) is 17.6. The zero-order valence-electron chi connectivity index (χ0n) is 60.4. The molecule has 9 nitrogen and oxygen atoms in total. The number of quaternary nitrogens is 1. The minimum atomic E-state index is -4.39. The Morgan fingerprint density at radius 2 is 0.633 bits per heavy atom. The van der Waals surface area contributed by atoms with Crippen LogP contribution in [0.3, 0.4) is 0 Å². The van der Waals surface area contributed by atoms with Crippen molar-refractivity contribution in [3.05, 3.63) is 60.8 Å². The van der Waals surface area contributed by atoms with E-state index in [0.29, 0.717) is 23.9 Å². The number of unbranched alkanes of at least 4 members (excludes halogenated alkanes) is 49. The van der Waals surface area contributed by atoms with Crippen molar-refractivity contribution in [2.75, 3.05) is 47.5 Å². The molecule has 2 unspecified atom stereocenters. The lowest BCUT2D eigenvalue weighted by molar-refractivity contribution is -0.870. The normalized spacial score (nSPS) is 13.4. The molecule has 0 aromatic heterocycles. The number of likely N-dealkylation sites (N-methyl/N-ethyl adjacent to an activating group) is 1. The first-order chi connectivity index (χ1) is 44.0. The molecule has 90 heavy (non-hydrogen) atoms. The molecule has 0 rings (SSSR count). The molecule has 528 valence electrons. The number of ether oxygens (including phenoxy) is 2. The molecule has 0 amide bonds. The van der Waals surface area contributed by atoms with Crippen molar-refractivity contribution in [3.63, 3.8) is 0 Å². The third kappa shape index (κ3) is 74.7. The van der Waals surface area contributed by atoms with Gasteiger partial charge in [-0.3, -0.25) is 18.6 Å². The number of carbonyl (C=O) groups is 2. The van der Waals surface area contributed by atoms with Crippen LogP contribution in [-0.2, 0) is 32.7 Å². The van der Waals surface area contributed by atoms with E-state index in [4.69, 9.17) is 18.5 Å². The lowest BCUT2D eigenvalue weighted by atomic mass is 10.0. The minimum Gasteiger partial charge on any atom is -0.462 e. The summed E-state index contributed by atoms with van der Waals surface area (Å²) in [5.74, 6) is -0.778. The Kier molecular flexibility index (Phi) is 69.2. The van der Waals surface area contributed by atoms with Gasteiger partial charge in [0.05, 0.1) is 27.7 Å². The van der Waals surface area contributed by atoms with E-state index in [1.54, 1.807) is 0 Å². The van der Waals surface area contributed by atoms with Crippen molar-refractivity contribution >= 4 is 19.8 Å². The summed E-state index contributed by atoms with van der Waals surface area (Å²) in [5.41, 5.74) is 0. The summed E-state index contributed by atoms with van der Waals surface area (Å²) in [7, 11) is 1.49. The number of phosphoric ester groups is 1. The lowest BCUT2D eigenvalue weighted by Gasteiger charge is -2.24. The monoisotopic (exact) mass is 1290 g/mol. The molecular formula is C80H151NO8P+. The molecule has 10 heteroatoms. The molecular weight excluding hydrogens is 1130 g/mol. The van der Waals surface area contributed by atoms with Crippen LogP contribution in [0.1, 0.15) is 386 Å². The maximum Gasteiger partial charge on any atom is 0.472 e. The highest BCUT2D eigenvalue weighted by atomic mass is 31.2. The van der Waals surface area contributed by atoms with E-state index >= 15 is 0 Å². The number of esters is 2. The van der Waals surface area contributed by atoms with Crippen molar-refractivity contribution in [2.24, 2.45) is 0 Å². The predicted octanol–water partition coefficient (Wildman–Crippen LogP) is 25.7. The largest absolute Gasteiger partial charge is 0.472 e. The van der Waals surface area contributed by atoms with Crippen molar-refractivity contribution in [1.29, 1.82) is 0 Å². The molecule has 0 bridgehead atoms. The summed E-state index contributed by atoms with van der Waals surface area (Å²) in [4.78, 5) is 36.0. The van der Waals surface area contributed by atoms with Crippen LogP contribution in [0.15, 0.2) is 60.8 Å². The summed E-state index contributed by atoms with van der Waals surface area (Å²) in [6, 6.07) is 0. The summed E-state index contributed by atoms with van der Waals surface area (Å²) in [6.07, 6.45) is 95.1. The van der Waals surface area contributed by atoms with Gasteiger partial charge in [0.15, 0.2) is 6.10 Å². The minimum absolute atomic E-state index is 0.0329. The van der Waals surface area contributed by atoms with Gasteiger partial charge in [-0.05, 0) is 57.8 Å². The van der Waals surface area contributed by atoms with Gasteiger partial charge in [-0.1, -0.05) is 376 Å². The molecule has 0 radical (unpaired) electrons. The van der Waals surface area contributed by atoms with Crippen LogP contribution in [0.4, 0.5) is 0 Å². The highest BCUT2D eigenvalue weighted by molar-refractivity contribution is 7.47. The number of rotatable bonds is 73. The SMILES string of the molecule is CC/C=C\C/C=C\C/C=C\C/C=C\C/C=C\CCCCCCCCCCCCCCCCCC(=O)OC(COC(=O)CCCCCCCCCCCCCCCCCCCCCCCCCCCCCCCCCCCCC)COP(=O)(O)OCC[N+](C)(C)C. The zero-order valence-corrected chi connectivity index (χ0v) is 61.3. The van der Waals surface area contributed by atoms with Gasteiger partial charge in [-0.25, -0.2) is 4.57 Å². The molecule has 0 fully saturated rings. The van der Waals surface area contributed by atoms with Gasteiger partial charge < -0.3 is 18.9 Å². The number of allylic oxidation sites excluding steroid dienone is 10. The molecule has 1 N–H and O–H groups in total. The second-order valence-electron chi connectivity index (χ2n) is 27.7. The Labute approximate surface area is 559 Å². The van der Waals surface area contributed by atoms with Crippen molar-refractivity contribution in [1.82, 2.24) is 0 Å². The first kappa shape index (κ1) is 87.7. The van der Waals surface area contributed by atoms with Crippen LogP contribution in [0.25, 0.3) is 0 Å². The van der Waals surface area contributed by atoms with Crippen LogP contribution < -0.4 is 0 Å². The Morgan fingerprint density at radius 1 is 0.356 bits per heavy atom. The fraction of sp³-hybridized carbons (Fsp3) is 0.850. The molecule has 0 spiro atoms. The van der Waals surface area contributed by atoms with Crippen molar-refractivity contribution in [3.8, 4) is 0 Å². The Morgan fingerprint density at radius 3 is 0.944 bits per heavy atom. The topological polar surface area (TPSA) is 108 Å². The average molecular weight is 1290 g/mol. The van der Waals surface area contributed by atoms with E-state index in [-0.39, 0.29) is 25.6 Å². The van der Waals surface area contributed by atoms with E-state index in [1.807, 2.05) is 21.1 Å².